The quantitative estimate of drug-likeness (QED) is 0.794. The fraction of sp³-hybridized carbons (Fsp3) is 0.280. The molecule has 0 fully saturated rings. The Kier molecular flexibility index (Phi) is 5.68. The Hall–Kier alpha value is -3.72. The molecule has 0 radical (unpaired) electrons. The number of nitriles is 1. The molecule has 2 N–H and O–H groups in total. The number of carbonyl (C=O) groups excluding carboxylic acids is 1. The van der Waals surface area contributed by atoms with E-state index in [1.165, 1.54) is 0 Å². The molecule has 158 valence electrons. The molecule has 0 saturated heterocycles. The monoisotopic (exact) mass is 415 g/mol. The molecule has 0 unspecified atom stereocenters. The molecule has 2 aromatic rings. The van der Waals surface area contributed by atoms with Gasteiger partial charge in [-0.2, -0.15) is 5.26 Å². The van der Waals surface area contributed by atoms with Crippen LogP contribution in [-0.2, 0) is 11.4 Å². The van der Waals surface area contributed by atoms with Crippen LogP contribution in [0.25, 0.3) is 0 Å². The molecule has 0 bridgehead atoms. The Morgan fingerprint density at radius 2 is 1.94 bits per heavy atom. The Balaban J connectivity index is 1.72. The van der Waals surface area contributed by atoms with Gasteiger partial charge in [-0.3, -0.25) is 4.79 Å². The summed E-state index contributed by atoms with van der Waals surface area (Å²) < 4.78 is 11.5. The highest BCUT2D eigenvalue weighted by Crippen LogP contribution is 2.45. The molecule has 1 atom stereocenters. The number of carbonyl (C=O) groups is 1. The van der Waals surface area contributed by atoms with Crippen molar-refractivity contribution >= 4 is 5.78 Å². The number of nitrogens with two attached hydrogens (primary N) is 1. The summed E-state index contributed by atoms with van der Waals surface area (Å²) in [6.45, 7) is 0.412. The van der Waals surface area contributed by atoms with Gasteiger partial charge in [0.2, 0.25) is 0 Å². The van der Waals surface area contributed by atoms with Gasteiger partial charge in [0.1, 0.15) is 12.4 Å². The van der Waals surface area contributed by atoms with E-state index in [4.69, 9.17) is 15.2 Å². The summed E-state index contributed by atoms with van der Waals surface area (Å²) in [5.41, 5.74) is 10.1. The maximum atomic E-state index is 12.9. The predicted molar refractivity (Wildman–Crippen MR) is 117 cm³/mol. The van der Waals surface area contributed by atoms with Gasteiger partial charge in [0.05, 0.1) is 24.7 Å². The van der Waals surface area contributed by atoms with Crippen molar-refractivity contribution in [2.75, 3.05) is 14.2 Å². The number of methoxy groups -OCH3 is 1. The number of ketones is 1. The predicted octanol–water partition coefficient (Wildman–Crippen LogP) is 4.00. The summed E-state index contributed by atoms with van der Waals surface area (Å²) in [6, 6.07) is 17.7. The van der Waals surface area contributed by atoms with Gasteiger partial charge in [0.25, 0.3) is 0 Å². The van der Waals surface area contributed by atoms with Gasteiger partial charge in [0.15, 0.2) is 17.3 Å². The fourth-order valence-corrected chi connectivity index (χ4v) is 4.31. The van der Waals surface area contributed by atoms with Crippen LogP contribution >= 0.6 is 0 Å². The number of ether oxygens (including phenoxy) is 2. The van der Waals surface area contributed by atoms with Crippen molar-refractivity contribution in [1.29, 1.82) is 5.26 Å². The topological polar surface area (TPSA) is 88.6 Å². The largest absolute Gasteiger partial charge is 0.493 e. The molecule has 31 heavy (non-hydrogen) atoms. The Morgan fingerprint density at radius 3 is 2.65 bits per heavy atom. The van der Waals surface area contributed by atoms with Crippen LogP contribution in [0.2, 0.25) is 0 Å². The lowest BCUT2D eigenvalue weighted by Crippen LogP contribution is -2.36. The number of Topliss-reactive ketones (excluding diaryl/α,β-unsaturated/α-hetero) is 1. The van der Waals surface area contributed by atoms with Crippen molar-refractivity contribution in [3.8, 4) is 17.6 Å². The van der Waals surface area contributed by atoms with Gasteiger partial charge in [-0.15, -0.1) is 0 Å². The molecule has 1 aliphatic carbocycles. The second kappa shape index (κ2) is 8.57. The third-order valence-corrected chi connectivity index (χ3v) is 5.93. The van der Waals surface area contributed by atoms with E-state index >= 15 is 0 Å². The van der Waals surface area contributed by atoms with Crippen LogP contribution in [0.15, 0.2) is 71.2 Å². The standard InChI is InChI=1S/C25H25N3O3/c1-28-19-9-6-10-20(29)24(19)23(18(14-26)25(28)27)17-11-12-21(22(13-17)30-2)31-15-16-7-4-3-5-8-16/h3-5,7-8,11-13,23H,6,9-10,15,27H2,1-2H3/t23-/m1/s1. The van der Waals surface area contributed by atoms with E-state index in [9.17, 15) is 10.1 Å². The van der Waals surface area contributed by atoms with E-state index in [0.717, 1.165) is 29.7 Å². The third kappa shape index (κ3) is 3.75. The summed E-state index contributed by atoms with van der Waals surface area (Å²) in [6.07, 6.45) is 2.04. The van der Waals surface area contributed by atoms with Crippen LogP contribution in [-0.4, -0.2) is 24.8 Å². The first-order valence-corrected chi connectivity index (χ1v) is 10.3. The third-order valence-electron chi connectivity index (χ3n) is 5.93. The van der Waals surface area contributed by atoms with E-state index in [0.29, 0.717) is 41.5 Å². The Bertz CT molecular complexity index is 1110. The number of hydrogen-bond acceptors (Lipinski definition) is 6. The van der Waals surface area contributed by atoms with Crippen molar-refractivity contribution in [3.63, 3.8) is 0 Å². The number of rotatable bonds is 5. The van der Waals surface area contributed by atoms with E-state index in [1.54, 1.807) is 12.0 Å². The molecule has 2 aromatic carbocycles. The van der Waals surface area contributed by atoms with Crippen molar-refractivity contribution in [2.24, 2.45) is 5.73 Å². The average Bonchev–Trinajstić information content (AvgIpc) is 2.80. The molecular weight excluding hydrogens is 390 g/mol. The van der Waals surface area contributed by atoms with Crippen LogP contribution < -0.4 is 15.2 Å². The minimum Gasteiger partial charge on any atom is -0.493 e. The van der Waals surface area contributed by atoms with Crippen LogP contribution in [0.4, 0.5) is 0 Å². The first-order chi connectivity index (χ1) is 15.0. The molecule has 0 amide bonds. The first-order valence-electron chi connectivity index (χ1n) is 10.3. The van der Waals surface area contributed by atoms with E-state index in [2.05, 4.69) is 6.07 Å². The van der Waals surface area contributed by atoms with Gasteiger partial charge in [-0.05, 0) is 36.1 Å². The molecule has 6 heteroatoms. The maximum Gasteiger partial charge on any atom is 0.161 e. The highest BCUT2D eigenvalue weighted by Gasteiger charge is 2.38. The zero-order chi connectivity index (χ0) is 22.0. The molecule has 0 saturated carbocycles. The highest BCUT2D eigenvalue weighted by atomic mass is 16.5. The summed E-state index contributed by atoms with van der Waals surface area (Å²) in [5.74, 6) is 1.11. The number of allylic oxidation sites excluding steroid dienone is 3. The van der Waals surface area contributed by atoms with Gasteiger partial charge in [0, 0.05) is 24.7 Å². The zero-order valence-corrected chi connectivity index (χ0v) is 17.7. The molecule has 4 rings (SSSR count). The minimum absolute atomic E-state index is 0.0710. The van der Waals surface area contributed by atoms with Crippen LogP contribution in [0.5, 0.6) is 11.5 Å². The van der Waals surface area contributed by atoms with Crippen molar-refractivity contribution in [2.45, 2.75) is 31.8 Å². The lowest BCUT2D eigenvalue weighted by atomic mass is 9.76. The maximum absolute atomic E-state index is 12.9. The van der Waals surface area contributed by atoms with E-state index in [-0.39, 0.29) is 5.78 Å². The first kappa shape index (κ1) is 20.5. The van der Waals surface area contributed by atoms with Crippen LogP contribution in [0.3, 0.4) is 0 Å². The number of hydrogen-bond donors (Lipinski definition) is 1. The lowest BCUT2D eigenvalue weighted by Gasteiger charge is -2.37. The summed E-state index contributed by atoms with van der Waals surface area (Å²) >= 11 is 0. The van der Waals surface area contributed by atoms with Gasteiger partial charge in [-0.25, -0.2) is 0 Å². The van der Waals surface area contributed by atoms with E-state index < -0.39 is 5.92 Å². The number of nitrogens with zero attached hydrogens (tertiary/aromatic N) is 2. The van der Waals surface area contributed by atoms with Crippen LogP contribution in [0, 0.1) is 11.3 Å². The molecule has 1 heterocycles. The molecule has 0 aromatic heterocycles. The molecule has 1 aliphatic heterocycles. The molecule has 2 aliphatic rings. The van der Waals surface area contributed by atoms with Crippen molar-refractivity contribution in [1.82, 2.24) is 4.90 Å². The summed E-state index contributed by atoms with van der Waals surface area (Å²) in [7, 11) is 3.40. The average molecular weight is 415 g/mol. The normalized spacial score (nSPS) is 18.5. The molecule has 0 spiro atoms. The second-order valence-corrected chi connectivity index (χ2v) is 7.72. The van der Waals surface area contributed by atoms with Gasteiger partial charge in [-0.1, -0.05) is 36.4 Å². The van der Waals surface area contributed by atoms with Gasteiger partial charge < -0.3 is 20.1 Å². The smallest absolute Gasteiger partial charge is 0.161 e. The van der Waals surface area contributed by atoms with Crippen LogP contribution in [0.1, 0.15) is 36.3 Å². The minimum atomic E-state index is -0.499. The highest BCUT2D eigenvalue weighted by molar-refractivity contribution is 5.99. The Morgan fingerprint density at radius 1 is 1.16 bits per heavy atom. The molecule has 6 nitrogen and oxygen atoms in total. The van der Waals surface area contributed by atoms with Gasteiger partial charge >= 0.3 is 0 Å². The Labute approximate surface area is 182 Å². The van der Waals surface area contributed by atoms with E-state index in [1.807, 2.05) is 55.6 Å². The second-order valence-electron chi connectivity index (χ2n) is 7.72. The van der Waals surface area contributed by atoms with Crippen molar-refractivity contribution in [3.05, 3.63) is 82.3 Å². The number of benzene rings is 2. The molecular formula is C25H25N3O3. The SMILES string of the molecule is COc1cc([C@@H]2C(C#N)=C(N)N(C)C3=C2C(=O)CCC3)ccc1OCc1ccccc1. The fourth-order valence-electron chi connectivity index (χ4n) is 4.31. The lowest BCUT2D eigenvalue weighted by molar-refractivity contribution is -0.116. The summed E-state index contributed by atoms with van der Waals surface area (Å²) in [4.78, 5) is 14.7. The zero-order valence-electron chi connectivity index (χ0n) is 17.7. The summed E-state index contributed by atoms with van der Waals surface area (Å²) in [5, 5.41) is 9.87. The van der Waals surface area contributed by atoms with Crippen molar-refractivity contribution < 1.29 is 14.3 Å².